The van der Waals surface area contributed by atoms with Crippen LogP contribution in [0.5, 0.6) is 5.75 Å². The number of ether oxygens (including phenoxy) is 1. The summed E-state index contributed by atoms with van der Waals surface area (Å²) < 4.78 is 5.36. The summed E-state index contributed by atoms with van der Waals surface area (Å²) in [4.78, 5) is 0. The molecule has 2 aromatic rings. The third-order valence-electron chi connectivity index (χ3n) is 3.52. The summed E-state index contributed by atoms with van der Waals surface area (Å²) in [7, 11) is 1.68. The highest BCUT2D eigenvalue weighted by atomic mass is 16.5. The van der Waals surface area contributed by atoms with Crippen molar-refractivity contribution in [1.82, 2.24) is 0 Å². The van der Waals surface area contributed by atoms with Gasteiger partial charge in [-0.05, 0) is 35.8 Å². The van der Waals surface area contributed by atoms with E-state index in [4.69, 9.17) is 4.74 Å². The van der Waals surface area contributed by atoms with Gasteiger partial charge >= 0.3 is 0 Å². The Morgan fingerprint density at radius 1 is 1.12 bits per heavy atom. The summed E-state index contributed by atoms with van der Waals surface area (Å²) in [6.07, 6.45) is 1.95. The zero-order valence-corrected chi connectivity index (χ0v) is 9.89. The lowest BCUT2D eigenvalue weighted by Gasteiger charge is -2.14. The van der Waals surface area contributed by atoms with Gasteiger partial charge in [0.05, 0.1) is 13.2 Å². The second kappa shape index (κ2) is 4.04. The van der Waals surface area contributed by atoms with Gasteiger partial charge in [0.15, 0.2) is 0 Å². The Bertz CT molecular complexity index is 544. The number of aliphatic hydroxyl groups excluding tert-OH is 1. The first-order chi connectivity index (χ1) is 8.31. The third-order valence-corrected chi connectivity index (χ3v) is 3.52. The molecule has 0 radical (unpaired) electrons. The molecule has 0 amide bonds. The van der Waals surface area contributed by atoms with Crippen LogP contribution >= 0.6 is 0 Å². The van der Waals surface area contributed by atoms with Crippen molar-refractivity contribution in [3.05, 3.63) is 42.0 Å². The lowest BCUT2D eigenvalue weighted by molar-refractivity contribution is 0.155. The van der Waals surface area contributed by atoms with E-state index in [9.17, 15) is 5.11 Å². The average Bonchev–Trinajstić information content (AvgIpc) is 3.21. The third kappa shape index (κ3) is 1.79. The first-order valence-corrected chi connectivity index (χ1v) is 6.05. The highest BCUT2D eigenvalue weighted by molar-refractivity contribution is 5.91. The van der Waals surface area contributed by atoms with Crippen LogP contribution in [0.25, 0.3) is 10.8 Å². The van der Waals surface area contributed by atoms with Crippen molar-refractivity contribution in [2.24, 2.45) is 5.92 Å². The summed E-state index contributed by atoms with van der Waals surface area (Å²) in [5.74, 6) is 1.32. The summed E-state index contributed by atoms with van der Waals surface area (Å²) in [5, 5.41) is 12.5. The molecule has 2 nitrogen and oxygen atoms in total. The van der Waals surface area contributed by atoms with Crippen LogP contribution in [0.15, 0.2) is 36.4 Å². The van der Waals surface area contributed by atoms with E-state index in [0.717, 1.165) is 34.9 Å². The highest BCUT2D eigenvalue weighted by Gasteiger charge is 2.31. The maximum Gasteiger partial charge on any atom is 0.126 e. The fraction of sp³-hybridized carbons (Fsp3) is 0.333. The monoisotopic (exact) mass is 228 g/mol. The van der Waals surface area contributed by atoms with E-state index in [0.29, 0.717) is 5.92 Å². The molecule has 0 aliphatic heterocycles. The van der Waals surface area contributed by atoms with Gasteiger partial charge in [-0.3, -0.25) is 0 Å². The van der Waals surface area contributed by atoms with E-state index in [1.54, 1.807) is 7.11 Å². The van der Waals surface area contributed by atoms with Crippen LogP contribution in [-0.4, -0.2) is 12.2 Å². The second-order valence-electron chi connectivity index (χ2n) is 4.68. The molecule has 88 valence electrons. The van der Waals surface area contributed by atoms with Crippen molar-refractivity contribution in [3.63, 3.8) is 0 Å². The van der Waals surface area contributed by atoms with Gasteiger partial charge in [0.1, 0.15) is 5.75 Å². The van der Waals surface area contributed by atoms with Gasteiger partial charge in [0, 0.05) is 5.39 Å². The minimum Gasteiger partial charge on any atom is -0.496 e. The number of hydrogen-bond donors (Lipinski definition) is 1. The Kier molecular flexibility index (Phi) is 2.52. The van der Waals surface area contributed by atoms with Gasteiger partial charge < -0.3 is 9.84 Å². The number of fused-ring (bicyclic) bond motifs is 1. The second-order valence-corrected chi connectivity index (χ2v) is 4.68. The van der Waals surface area contributed by atoms with Crippen LogP contribution in [-0.2, 0) is 0 Å². The molecule has 0 bridgehead atoms. The van der Waals surface area contributed by atoms with Gasteiger partial charge in [0.25, 0.3) is 0 Å². The lowest BCUT2D eigenvalue weighted by Crippen LogP contribution is -2.01. The topological polar surface area (TPSA) is 29.5 Å². The molecule has 0 spiro atoms. The maximum atomic E-state index is 10.3. The van der Waals surface area contributed by atoms with Gasteiger partial charge in [-0.15, -0.1) is 0 Å². The van der Waals surface area contributed by atoms with Gasteiger partial charge in [0.2, 0.25) is 0 Å². The Morgan fingerprint density at radius 3 is 2.47 bits per heavy atom. The first kappa shape index (κ1) is 10.6. The van der Waals surface area contributed by atoms with Crippen LogP contribution in [0.2, 0.25) is 0 Å². The number of aliphatic hydroxyl groups is 1. The van der Waals surface area contributed by atoms with Crippen LogP contribution in [0.3, 0.4) is 0 Å². The molecule has 1 saturated carbocycles. The van der Waals surface area contributed by atoms with Crippen LogP contribution in [0.1, 0.15) is 24.5 Å². The number of benzene rings is 2. The van der Waals surface area contributed by atoms with Crippen molar-refractivity contribution in [3.8, 4) is 5.75 Å². The SMILES string of the molecule is COc1ccc(C(O)C2CC2)c2ccccc12. The zero-order valence-electron chi connectivity index (χ0n) is 9.89. The molecule has 2 heteroatoms. The first-order valence-electron chi connectivity index (χ1n) is 6.05. The molecule has 1 aliphatic rings. The Hall–Kier alpha value is -1.54. The minimum atomic E-state index is -0.328. The molecule has 2 aromatic carbocycles. The molecule has 17 heavy (non-hydrogen) atoms. The van der Waals surface area contributed by atoms with E-state index in [1.165, 1.54) is 0 Å². The summed E-state index contributed by atoms with van der Waals surface area (Å²) in [6.45, 7) is 0. The summed E-state index contributed by atoms with van der Waals surface area (Å²) >= 11 is 0. The van der Waals surface area contributed by atoms with Crippen LogP contribution in [0, 0.1) is 5.92 Å². The average molecular weight is 228 g/mol. The Balaban J connectivity index is 2.18. The largest absolute Gasteiger partial charge is 0.496 e. The van der Waals surface area contributed by atoms with Gasteiger partial charge in [-0.2, -0.15) is 0 Å². The van der Waals surface area contributed by atoms with Crippen molar-refractivity contribution in [2.45, 2.75) is 18.9 Å². The van der Waals surface area contributed by atoms with E-state index in [1.807, 2.05) is 30.3 Å². The predicted octanol–water partition coefficient (Wildman–Crippen LogP) is 3.29. The van der Waals surface area contributed by atoms with Crippen molar-refractivity contribution < 1.29 is 9.84 Å². The smallest absolute Gasteiger partial charge is 0.126 e. The molecule has 1 aliphatic carbocycles. The minimum absolute atomic E-state index is 0.328. The fourth-order valence-corrected chi connectivity index (χ4v) is 2.40. The Morgan fingerprint density at radius 2 is 1.82 bits per heavy atom. The lowest BCUT2D eigenvalue weighted by atomic mass is 9.97. The number of methoxy groups -OCH3 is 1. The van der Waals surface area contributed by atoms with Gasteiger partial charge in [-0.25, -0.2) is 0 Å². The molecular formula is C15H16O2. The van der Waals surface area contributed by atoms with E-state index in [-0.39, 0.29) is 6.10 Å². The van der Waals surface area contributed by atoms with Crippen LogP contribution in [0.4, 0.5) is 0 Å². The van der Waals surface area contributed by atoms with E-state index >= 15 is 0 Å². The molecule has 1 atom stereocenters. The summed E-state index contributed by atoms with van der Waals surface area (Å²) in [6, 6.07) is 12.0. The Labute approximate surface area is 101 Å². The van der Waals surface area contributed by atoms with Crippen molar-refractivity contribution in [1.29, 1.82) is 0 Å². The molecule has 0 heterocycles. The van der Waals surface area contributed by atoms with E-state index in [2.05, 4.69) is 6.07 Å². The van der Waals surface area contributed by atoms with Crippen molar-refractivity contribution >= 4 is 10.8 Å². The fourth-order valence-electron chi connectivity index (χ4n) is 2.40. The molecule has 0 saturated heterocycles. The van der Waals surface area contributed by atoms with Crippen LogP contribution < -0.4 is 4.74 Å². The quantitative estimate of drug-likeness (QED) is 0.873. The molecular weight excluding hydrogens is 212 g/mol. The highest BCUT2D eigenvalue weighted by Crippen LogP contribution is 2.43. The summed E-state index contributed by atoms with van der Waals surface area (Å²) in [5.41, 5.74) is 1.03. The molecule has 1 unspecified atom stereocenters. The van der Waals surface area contributed by atoms with Crippen molar-refractivity contribution in [2.75, 3.05) is 7.11 Å². The van der Waals surface area contributed by atoms with E-state index < -0.39 is 0 Å². The standard InChI is InChI=1S/C15H16O2/c1-17-14-9-8-13(15(16)10-6-7-10)11-4-2-3-5-12(11)14/h2-5,8-10,15-16H,6-7H2,1H3. The zero-order chi connectivity index (χ0) is 11.8. The number of rotatable bonds is 3. The molecule has 0 aromatic heterocycles. The predicted molar refractivity (Wildman–Crippen MR) is 68.2 cm³/mol. The number of hydrogen-bond acceptors (Lipinski definition) is 2. The maximum absolute atomic E-state index is 10.3. The normalized spacial score (nSPS) is 17.1. The molecule has 3 rings (SSSR count). The molecule has 1 N–H and O–H groups in total. The van der Waals surface area contributed by atoms with Gasteiger partial charge in [-0.1, -0.05) is 30.3 Å². The molecule has 1 fully saturated rings.